The van der Waals surface area contributed by atoms with Crippen molar-refractivity contribution < 1.29 is 19.4 Å². The molecule has 1 aromatic rings. The molecule has 0 saturated carbocycles. The number of hydrogen-bond donors (Lipinski definition) is 1. The van der Waals surface area contributed by atoms with Crippen LogP contribution in [0.5, 0.6) is 0 Å². The van der Waals surface area contributed by atoms with E-state index in [1.165, 1.54) is 11.8 Å². The number of ether oxygens (including phenoxy) is 2. The lowest BCUT2D eigenvalue weighted by Crippen LogP contribution is -2.47. The van der Waals surface area contributed by atoms with Crippen molar-refractivity contribution in [1.82, 2.24) is 0 Å². The normalized spacial score (nSPS) is 20.1. The van der Waals surface area contributed by atoms with Gasteiger partial charge in [0.25, 0.3) is 0 Å². The van der Waals surface area contributed by atoms with E-state index in [-0.39, 0.29) is 11.2 Å². The Balaban J connectivity index is 2.18. The lowest BCUT2D eigenvalue weighted by Gasteiger charge is -2.43. The van der Waals surface area contributed by atoms with Crippen molar-refractivity contribution in [3.8, 4) is 0 Å². The number of hydrogen-bond acceptors (Lipinski definition) is 4. The van der Waals surface area contributed by atoms with Gasteiger partial charge in [0.15, 0.2) is 0 Å². The summed E-state index contributed by atoms with van der Waals surface area (Å²) in [6, 6.07) is 7.30. The molecule has 0 amide bonds. The van der Waals surface area contributed by atoms with Gasteiger partial charge in [0, 0.05) is 16.0 Å². The van der Waals surface area contributed by atoms with Gasteiger partial charge in [-0.15, -0.1) is 11.8 Å². The van der Waals surface area contributed by atoms with E-state index in [2.05, 4.69) is 13.8 Å². The Hall–Kier alpha value is -0.750. The maximum absolute atomic E-state index is 10.7. The molecule has 116 valence electrons. The minimum atomic E-state index is -0.903. The Bertz CT molecular complexity index is 491. The smallest absolute Gasteiger partial charge is 0.313 e. The van der Waals surface area contributed by atoms with Crippen LogP contribution in [0.1, 0.15) is 19.4 Å². The third-order valence-corrected chi connectivity index (χ3v) is 4.48. The Labute approximate surface area is 133 Å². The van der Waals surface area contributed by atoms with Gasteiger partial charge in [0.2, 0.25) is 5.79 Å². The largest absolute Gasteiger partial charge is 0.481 e. The fraction of sp³-hybridized carbons (Fsp3) is 0.533. The standard InChI is InChI=1S/C15H19ClO4S/c1-14(2)8-19-15(20-9-14,10-21-7-13(17)18)11-3-5-12(16)6-4-11/h3-6H,7-10H2,1-2H3,(H,17,18). The molecule has 0 spiro atoms. The van der Waals surface area contributed by atoms with Crippen LogP contribution >= 0.6 is 23.4 Å². The molecular weight excluding hydrogens is 312 g/mol. The molecule has 1 aliphatic heterocycles. The zero-order chi connectivity index (χ0) is 15.5. The number of carboxylic acids is 1. The number of aliphatic carboxylic acids is 1. The average Bonchev–Trinajstić information content (AvgIpc) is 2.42. The topological polar surface area (TPSA) is 55.8 Å². The van der Waals surface area contributed by atoms with Crippen LogP contribution in [0.15, 0.2) is 24.3 Å². The van der Waals surface area contributed by atoms with Crippen molar-refractivity contribution in [2.45, 2.75) is 19.6 Å². The molecule has 2 rings (SSSR count). The summed E-state index contributed by atoms with van der Waals surface area (Å²) < 4.78 is 12.0. The molecule has 0 aromatic heterocycles. The molecule has 0 radical (unpaired) electrons. The molecule has 1 fully saturated rings. The highest BCUT2D eigenvalue weighted by atomic mass is 35.5. The number of carboxylic acid groups (broad SMARTS) is 1. The number of halogens is 1. The molecule has 0 unspecified atom stereocenters. The highest BCUT2D eigenvalue weighted by Gasteiger charge is 2.42. The van der Waals surface area contributed by atoms with E-state index in [0.29, 0.717) is 24.0 Å². The second-order valence-electron chi connectivity index (χ2n) is 5.89. The van der Waals surface area contributed by atoms with Gasteiger partial charge in [0.1, 0.15) is 0 Å². The van der Waals surface area contributed by atoms with Gasteiger partial charge in [-0.3, -0.25) is 4.79 Å². The van der Waals surface area contributed by atoms with Crippen molar-refractivity contribution in [2.75, 3.05) is 24.7 Å². The molecule has 1 N–H and O–H groups in total. The first-order chi connectivity index (χ1) is 9.83. The van der Waals surface area contributed by atoms with Crippen molar-refractivity contribution in [3.63, 3.8) is 0 Å². The third kappa shape index (κ3) is 4.36. The van der Waals surface area contributed by atoms with E-state index in [4.69, 9.17) is 26.2 Å². The predicted molar refractivity (Wildman–Crippen MR) is 83.8 cm³/mol. The molecule has 21 heavy (non-hydrogen) atoms. The first-order valence-electron chi connectivity index (χ1n) is 6.67. The van der Waals surface area contributed by atoms with Crippen LogP contribution in [0.3, 0.4) is 0 Å². The number of benzene rings is 1. The Morgan fingerprint density at radius 2 is 1.86 bits per heavy atom. The van der Waals surface area contributed by atoms with Gasteiger partial charge in [-0.25, -0.2) is 0 Å². The summed E-state index contributed by atoms with van der Waals surface area (Å²) in [5, 5.41) is 9.44. The second kappa shape index (κ2) is 6.57. The fourth-order valence-electron chi connectivity index (χ4n) is 2.02. The zero-order valence-electron chi connectivity index (χ0n) is 12.1. The number of thioether (sulfide) groups is 1. The van der Waals surface area contributed by atoms with Gasteiger partial charge < -0.3 is 14.6 Å². The molecule has 0 aliphatic carbocycles. The molecule has 0 atom stereocenters. The van der Waals surface area contributed by atoms with Gasteiger partial charge in [-0.2, -0.15) is 0 Å². The summed E-state index contributed by atoms with van der Waals surface area (Å²) in [6.45, 7) is 5.26. The first-order valence-corrected chi connectivity index (χ1v) is 8.20. The maximum atomic E-state index is 10.7. The summed E-state index contributed by atoms with van der Waals surface area (Å²) in [5.41, 5.74) is 0.813. The molecule has 1 aromatic carbocycles. The summed E-state index contributed by atoms with van der Waals surface area (Å²) >= 11 is 7.21. The van der Waals surface area contributed by atoms with Crippen molar-refractivity contribution in [3.05, 3.63) is 34.9 Å². The molecule has 4 nitrogen and oxygen atoms in total. The van der Waals surface area contributed by atoms with Crippen LogP contribution in [0, 0.1) is 5.41 Å². The quantitative estimate of drug-likeness (QED) is 0.897. The van der Waals surface area contributed by atoms with E-state index >= 15 is 0 Å². The maximum Gasteiger partial charge on any atom is 0.313 e. The Kier molecular flexibility index (Phi) is 5.20. The molecule has 6 heteroatoms. The van der Waals surface area contributed by atoms with E-state index in [1.807, 2.05) is 12.1 Å². The van der Waals surface area contributed by atoms with Crippen LogP contribution in [0.4, 0.5) is 0 Å². The summed E-state index contributed by atoms with van der Waals surface area (Å²) in [5.74, 6) is -1.30. The van der Waals surface area contributed by atoms with E-state index < -0.39 is 11.8 Å². The molecule has 1 saturated heterocycles. The van der Waals surface area contributed by atoms with Gasteiger partial charge in [-0.1, -0.05) is 37.6 Å². The third-order valence-electron chi connectivity index (χ3n) is 3.19. The SMILES string of the molecule is CC1(C)COC(CSCC(=O)O)(c2ccc(Cl)cc2)OC1. The minimum absolute atomic E-state index is 0.0193. The second-order valence-corrected chi connectivity index (χ2v) is 7.31. The zero-order valence-corrected chi connectivity index (χ0v) is 13.7. The van der Waals surface area contributed by atoms with Crippen molar-refractivity contribution in [1.29, 1.82) is 0 Å². The van der Waals surface area contributed by atoms with Crippen LogP contribution in [0.2, 0.25) is 5.02 Å². The average molecular weight is 331 g/mol. The van der Waals surface area contributed by atoms with Crippen LogP contribution < -0.4 is 0 Å². The number of rotatable bonds is 5. The lowest BCUT2D eigenvalue weighted by molar-refractivity contribution is -0.295. The van der Waals surface area contributed by atoms with Crippen LogP contribution in [-0.2, 0) is 20.1 Å². The minimum Gasteiger partial charge on any atom is -0.481 e. The predicted octanol–water partition coefficient (Wildman–Crippen LogP) is 3.38. The van der Waals surface area contributed by atoms with E-state index in [0.717, 1.165) is 5.56 Å². The van der Waals surface area contributed by atoms with E-state index in [1.54, 1.807) is 12.1 Å². The molecular formula is C15H19ClO4S. The molecule has 1 aliphatic rings. The summed E-state index contributed by atoms with van der Waals surface area (Å²) in [7, 11) is 0. The Morgan fingerprint density at radius 1 is 1.29 bits per heavy atom. The van der Waals surface area contributed by atoms with Gasteiger partial charge in [0.05, 0.1) is 24.7 Å². The van der Waals surface area contributed by atoms with Gasteiger partial charge >= 0.3 is 5.97 Å². The van der Waals surface area contributed by atoms with Gasteiger partial charge in [-0.05, 0) is 12.1 Å². The molecule has 0 bridgehead atoms. The fourth-order valence-corrected chi connectivity index (χ4v) is 3.02. The Morgan fingerprint density at radius 3 is 2.38 bits per heavy atom. The monoisotopic (exact) mass is 330 g/mol. The number of carbonyl (C=O) groups is 1. The van der Waals surface area contributed by atoms with Crippen molar-refractivity contribution >= 4 is 29.3 Å². The van der Waals surface area contributed by atoms with E-state index in [9.17, 15) is 4.79 Å². The van der Waals surface area contributed by atoms with Crippen LogP contribution in [0.25, 0.3) is 0 Å². The van der Waals surface area contributed by atoms with Crippen LogP contribution in [-0.4, -0.2) is 35.8 Å². The summed E-state index contributed by atoms with van der Waals surface area (Å²) in [6.07, 6.45) is 0. The lowest BCUT2D eigenvalue weighted by atomic mass is 9.93. The first kappa shape index (κ1) is 16.6. The highest BCUT2D eigenvalue weighted by Crippen LogP contribution is 2.39. The van der Waals surface area contributed by atoms with Crippen molar-refractivity contribution in [2.24, 2.45) is 5.41 Å². The highest BCUT2D eigenvalue weighted by molar-refractivity contribution is 7.99. The summed E-state index contributed by atoms with van der Waals surface area (Å²) in [4.78, 5) is 10.7. The molecule has 1 heterocycles.